The number of aliphatic carboxylic acids is 1. The van der Waals surface area contributed by atoms with E-state index in [0.717, 1.165) is 0 Å². The Morgan fingerprint density at radius 3 is 2.62 bits per heavy atom. The quantitative estimate of drug-likeness (QED) is 0.712. The second-order valence-corrected chi connectivity index (χ2v) is 3.68. The second kappa shape index (κ2) is 3.93. The van der Waals surface area contributed by atoms with Crippen LogP contribution < -0.4 is 5.73 Å². The maximum absolute atomic E-state index is 10.5. The maximum atomic E-state index is 10.5. The molecule has 0 heterocycles. The number of phenols is 1. The predicted molar refractivity (Wildman–Crippen MR) is 55.4 cm³/mol. The van der Waals surface area contributed by atoms with Gasteiger partial charge in [0.15, 0.2) is 0 Å². The summed E-state index contributed by atoms with van der Waals surface area (Å²) in [6.45, 7) is 0. The molecule has 0 aromatic heterocycles. The molecule has 4 N–H and O–H groups in total. The predicted octanol–water partition coefficient (Wildman–Crippen LogP) is 1.08. The summed E-state index contributed by atoms with van der Waals surface area (Å²) in [4.78, 5) is 10.5. The van der Waals surface area contributed by atoms with Crippen LogP contribution >= 0.6 is 22.6 Å². The molecule has 0 aliphatic rings. The highest BCUT2D eigenvalue weighted by Crippen LogP contribution is 2.22. The number of hydrogen-bond donors (Lipinski definition) is 3. The van der Waals surface area contributed by atoms with Crippen LogP contribution in [-0.2, 0) is 4.79 Å². The summed E-state index contributed by atoms with van der Waals surface area (Å²) in [6.07, 6.45) is 0. The molecule has 1 rings (SSSR count). The fourth-order valence-electron chi connectivity index (χ4n) is 0.901. The van der Waals surface area contributed by atoms with E-state index < -0.39 is 12.0 Å². The fraction of sp³-hybridized carbons (Fsp3) is 0.125. The summed E-state index contributed by atoms with van der Waals surface area (Å²) in [6, 6.07) is 3.36. The largest absolute Gasteiger partial charge is 0.508 e. The molecular weight excluding hydrogens is 285 g/mol. The van der Waals surface area contributed by atoms with Crippen molar-refractivity contribution in [3.63, 3.8) is 0 Å². The zero-order valence-corrected chi connectivity index (χ0v) is 8.72. The Balaban J connectivity index is 3.08. The first kappa shape index (κ1) is 10.3. The minimum Gasteiger partial charge on any atom is -0.508 e. The van der Waals surface area contributed by atoms with Gasteiger partial charge in [0.05, 0.1) is 0 Å². The van der Waals surface area contributed by atoms with Crippen LogP contribution in [0.3, 0.4) is 0 Å². The van der Waals surface area contributed by atoms with E-state index in [1.165, 1.54) is 18.2 Å². The standard InChI is InChI=1S/C8H8INO3/c9-6-3-4(11)1-2-5(6)7(10)8(12)13/h1-3,7,11H,10H2,(H,12,13). The molecule has 0 radical (unpaired) electrons. The number of carbonyl (C=O) groups is 1. The average molecular weight is 293 g/mol. The zero-order chi connectivity index (χ0) is 10.0. The topological polar surface area (TPSA) is 83.6 Å². The molecule has 13 heavy (non-hydrogen) atoms. The first-order valence-corrected chi connectivity index (χ1v) is 4.57. The van der Waals surface area contributed by atoms with Crippen LogP contribution in [0.15, 0.2) is 18.2 Å². The Morgan fingerprint density at radius 1 is 1.54 bits per heavy atom. The number of nitrogens with two attached hydrogens (primary N) is 1. The van der Waals surface area contributed by atoms with Crippen LogP contribution in [0.25, 0.3) is 0 Å². The third kappa shape index (κ3) is 2.31. The first-order chi connectivity index (χ1) is 6.02. The number of halogens is 1. The van der Waals surface area contributed by atoms with E-state index in [1.807, 2.05) is 22.6 Å². The lowest BCUT2D eigenvalue weighted by Crippen LogP contribution is -2.21. The van der Waals surface area contributed by atoms with Gasteiger partial charge in [0.2, 0.25) is 0 Å². The monoisotopic (exact) mass is 293 g/mol. The van der Waals surface area contributed by atoms with Crippen molar-refractivity contribution in [1.82, 2.24) is 0 Å². The second-order valence-electron chi connectivity index (χ2n) is 2.52. The van der Waals surface area contributed by atoms with Gasteiger partial charge in [-0.25, -0.2) is 0 Å². The molecule has 0 spiro atoms. The number of hydrogen-bond acceptors (Lipinski definition) is 3. The van der Waals surface area contributed by atoms with Crippen molar-refractivity contribution in [3.8, 4) is 5.75 Å². The number of rotatable bonds is 2. The summed E-state index contributed by atoms with van der Waals surface area (Å²) < 4.78 is 0.646. The van der Waals surface area contributed by atoms with Gasteiger partial charge in [0.1, 0.15) is 11.8 Å². The van der Waals surface area contributed by atoms with Gasteiger partial charge >= 0.3 is 5.97 Å². The van der Waals surface area contributed by atoms with Gasteiger partial charge in [-0.05, 0) is 40.3 Å². The zero-order valence-electron chi connectivity index (χ0n) is 6.57. The molecule has 70 valence electrons. The number of benzene rings is 1. The van der Waals surface area contributed by atoms with Crippen LogP contribution in [0.1, 0.15) is 11.6 Å². The average Bonchev–Trinajstić information content (AvgIpc) is 2.03. The molecule has 1 atom stereocenters. The molecule has 0 saturated carbocycles. The molecule has 0 saturated heterocycles. The highest BCUT2D eigenvalue weighted by molar-refractivity contribution is 14.1. The van der Waals surface area contributed by atoms with Gasteiger partial charge in [0.25, 0.3) is 0 Å². The van der Waals surface area contributed by atoms with Gasteiger partial charge in [-0.3, -0.25) is 4.79 Å². The summed E-state index contributed by atoms with van der Waals surface area (Å²) in [5, 5.41) is 17.7. The van der Waals surface area contributed by atoms with Crippen molar-refractivity contribution in [2.24, 2.45) is 5.73 Å². The van der Waals surface area contributed by atoms with E-state index in [1.54, 1.807) is 0 Å². The third-order valence-electron chi connectivity index (χ3n) is 1.59. The summed E-state index contributed by atoms with van der Waals surface area (Å²) in [7, 11) is 0. The molecule has 1 aromatic carbocycles. The minimum atomic E-state index is -1.08. The molecule has 0 aliphatic carbocycles. The van der Waals surface area contributed by atoms with E-state index in [2.05, 4.69) is 0 Å². The number of carboxylic acids is 1. The molecular formula is C8H8INO3. The van der Waals surface area contributed by atoms with Crippen molar-refractivity contribution in [3.05, 3.63) is 27.3 Å². The van der Waals surface area contributed by atoms with E-state index in [9.17, 15) is 4.79 Å². The maximum Gasteiger partial charge on any atom is 0.325 e. The SMILES string of the molecule is NC(C(=O)O)c1ccc(O)cc1I. The van der Waals surface area contributed by atoms with Crippen LogP contribution in [0.2, 0.25) is 0 Å². The highest BCUT2D eigenvalue weighted by atomic mass is 127. The lowest BCUT2D eigenvalue weighted by molar-refractivity contribution is -0.138. The van der Waals surface area contributed by atoms with Crippen LogP contribution in [0.5, 0.6) is 5.75 Å². The molecule has 0 aliphatic heterocycles. The van der Waals surface area contributed by atoms with Crippen LogP contribution in [0.4, 0.5) is 0 Å². The van der Waals surface area contributed by atoms with Crippen LogP contribution in [0, 0.1) is 3.57 Å². The molecule has 0 fully saturated rings. The van der Waals surface area contributed by atoms with E-state index >= 15 is 0 Å². The number of carboxylic acid groups (broad SMARTS) is 1. The van der Waals surface area contributed by atoms with Gasteiger partial charge in [0, 0.05) is 3.57 Å². The van der Waals surface area contributed by atoms with E-state index in [4.69, 9.17) is 15.9 Å². The summed E-state index contributed by atoms with van der Waals surface area (Å²) >= 11 is 1.93. The lowest BCUT2D eigenvalue weighted by atomic mass is 10.1. The molecule has 1 unspecified atom stereocenters. The lowest BCUT2D eigenvalue weighted by Gasteiger charge is -2.08. The summed E-state index contributed by atoms with van der Waals surface area (Å²) in [5.41, 5.74) is 5.91. The highest BCUT2D eigenvalue weighted by Gasteiger charge is 2.16. The first-order valence-electron chi connectivity index (χ1n) is 3.49. The Kier molecular flexibility index (Phi) is 3.10. The number of phenolic OH excluding ortho intramolecular Hbond substituents is 1. The minimum absolute atomic E-state index is 0.103. The Morgan fingerprint density at radius 2 is 2.15 bits per heavy atom. The fourth-order valence-corrected chi connectivity index (χ4v) is 1.74. The van der Waals surface area contributed by atoms with Crippen molar-refractivity contribution in [1.29, 1.82) is 0 Å². The molecule has 5 heteroatoms. The summed E-state index contributed by atoms with van der Waals surface area (Å²) in [5.74, 6) is -0.977. The molecule has 4 nitrogen and oxygen atoms in total. The van der Waals surface area contributed by atoms with E-state index in [0.29, 0.717) is 9.13 Å². The Bertz CT molecular complexity index is 340. The molecule has 0 amide bonds. The van der Waals surface area contributed by atoms with Crippen molar-refractivity contribution < 1.29 is 15.0 Å². The van der Waals surface area contributed by atoms with Gasteiger partial charge < -0.3 is 15.9 Å². The Hall–Kier alpha value is -0.820. The third-order valence-corrected chi connectivity index (χ3v) is 2.52. The molecule has 0 bridgehead atoms. The normalized spacial score (nSPS) is 12.5. The van der Waals surface area contributed by atoms with E-state index in [-0.39, 0.29) is 5.75 Å². The Labute approximate surface area is 88.5 Å². The van der Waals surface area contributed by atoms with Gasteiger partial charge in [-0.15, -0.1) is 0 Å². The van der Waals surface area contributed by atoms with Crippen molar-refractivity contribution in [2.45, 2.75) is 6.04 Å². The van der Waals surface area contributed by atoms with Crippen molar-refractivity contribution in [2.75, 3.05) is 0 Å². The smallest absolute Gasteiger partial charge is 0.325 e. The van der Waals surface area contributed by atoms with Gasteiger partial charge in [-0.1, -0.05) is 6.07 Å². The van der Waals surface area contributed by atoms with Gasteiger partial charge in [-0.2, -0.15) is 0 Å². The van der Waals surface area contributed by atoms with Crippen LogP contribution in [-0.4, -0.2) is 16.2 Å². The van der Waals surface area contributed by atoms with Crippen molar-refractivity contribution >= 4 is 28.6 Å². The number of aromatic hydroxyl groups is 1. The molecule has 1 aromatic rings.